The van der Waals surface area contributed by atoms with Crippen molar-refractivity contribution in [2.45, 2.75) is 13.0 Å². The maximum atomic E-state index is 12.6. The Hall–Kier alpha value is -2.40. The summed E-state index contributed by atoms with van der Waals surface area (Å²) in [6.45, 7) is 0.404. The van der Waals surface area contributed by atoms with Gasteiger partial charge in [0.15, 0.2) is 0 Å². The number of methoxy groups -OCH3 is 3. The van der Waals surface area contributed by atoms with Crippen LogP contribution in [0.5, 0.6) is 17.2 Å². The van der Waals surface area contributed by atoms with Crippen molar-refractivity contribution in [3.63, 3.8) is 0 Å². The molecule has 0 aliphatic heterocycles. The Balaban J connectivity index is 2.12. The Morgan fingerprint density at radius 2 is 1.68 bits per heavy atom. The van der Waals surface area contributed by atoms with Crippen LogP contribution in [0.1, 0.15) is 11.1 Å². The molecule has 6 heteroatoms. The summed E-state index contributed by atoms with van der Waals surface area (Å²) in [6.07, 6.45) is 0.229. The number of benzene rings is 2. The van der Waals surface area contributed by atoms with Gasteiger partial charge >= 0.3 is 0 Å². The Bertz CT molecular complexity index is 748. The van der Waals surface area contributed by atoms with Gasteiger partial charge in [0, 0.05) is 35.8 Å². The monoisotopic (exact) mass is 363 g/mol. The number of carbonyl (C=O) groups excluding carboxylic acids is 1. The van der Waals surface area contributed by atoms with E-state index < -0.39 is 0 Å². The van der Waals surface area contributed by atoms with E-state index in [1.165, 1.54) is 0 Å². The Kier molecular flexibility index (Phi) is 6.53. The van der Waals surface area contributed by atoms with Crippen molar-refractivity contribution in [3.05, 3.63) is 52.5 Å². The van der Waals surface area contributed by atoms with Gasteiger partial charge in [-0.3, -0.25) is 4.79 Å². The van der Waals surface area contributed by atoms with Crippen molar-refractivity contribution < 1.29 is 19.0 Å². The van der Waals surface area contributed by atoms with Crippen molar-refractivity contribution in [1.82, 2.24) is 4.90 Å². The van der Waals surface area contributed by atoms with E-state index in [0.717, 1.165) is 11.1 Å². The number of likely N-dealkylation sites (N-methyl/N-ethyl adjacent to an activating group) is 1. The number of carbonyl (C=O) groups is 1. The molecule has 0 spiro atoms. The molecule has 0 saturated heterocycles. The van der Waals surface area contributed by atoms with Gasteiger partial charge in [-0.15, -0.1) is 0 Å². The summed E-state index contributed by atoms with van der Waals surface area (Å²) in [5.41, 5.74) is 1.66. The molecule has 0 atom stereocenters. The first kappa shape index (κ1) is 18.9. The molecule has 2 rings (SSSR count). The van der Waals surface area contributed by atoms with Gasteiger partial charge < -0.3 is 19.1 Å². The lowest BCUT2D eigenvalue weighted by molar-refractivity contribution is -0.129. The van der Waals surface area contributed by atoms with Crippen LogP contribution >= 0.6 is 11.6 Å². The molecule has 0 aliphatic rings. The zero-order valence-electron chi connectivity index (χ0n) is 14.8. The summed E-state index contributed by atoms with van der Waals surface area (Å²) < 4.78 is 15.9. The molecule has 2 aromatic rings. The van der Waals surface area contributed by atoms with Gasteiger partial charge in [0.1, 0.15) is 17.2 Å². The molecule has 0 saturated carbocycles. The third-order valence-corrected chi connectivity index (χ3v) is 4.15. The van der Waals surface area contributed by atoms with Crippen LogP contribution in [0, 0.1) is 0 Å². The molecule has 5 nitrogen and oxygen atoms in total. The molecule has 2 aromatic carbocycles. The van der Waals surface area contributed by atoms with Gasteiger partial charge in [-0.05, 0) is 24.3 Å². The van der Waals surface area contributed by atoms with Crippen LogP contribution in [-0.2, 0) is 17.8 Å². The van der Waals surface area contributed by atoms with Gasteiger partial charge in [-0.25, -0.2) is 0 Å². The van der Waals surface area contributed by atoms with E-state index in [4.69, 9.17) is 25.8 Å². The molecule has 0 aliphatic carbocycles. The second kappa shape index (κ2) is 8.62. The van der Waals surface area contributed by atoms with Crippen molar-refractivity contribution >= 4 is 17.5 Å². The molecule has 0 radical (unpaired) electrons. The second-order valence-electron chi connectivity index (χ2n) is 5.56. The highest BCUT2D eigenvalue weighted by atomic mass is 35.5. The standard InChI is InChI=1S/C19H22ClNO4/c1-21(12-14-9-15(20)6-8-17(14)24-3)19(22)10-13-5-7-16(23-2)11-18(13)25-4/h5-9,11H,10,12H2,1-4H3. The van der Waals surface area contributed by atoms with Crippen molar-refractivity contribution in [3.8, 4) is 17.2 Å². The fourth-order valence-corrected chi connectivity index (χ4v) is 2.70. The lowest BCUT2D eigenvalue weighted by Crippen LogP contribution is -2.28. The first-order valence-electron chi connectivity index (χ1n) is 7.75. The zero-order chi connectivity index (χ0) is 18.4. The summed E-state index contributed by atoms with van der Waals surface area (Å²) in [6, 6.07) is 10.8. The topological polar surface area (TPSA) is 48.0 Å². The smallest absolute Gasteiger partial charge is 0.227 e. The van der Waals surface area contributed by atoms with E-state index in [0.29, 0.717) is 28.8 Å². The van der Waals surface area contributed by atoms with Crippen LogP contribution in [0.2, 0.25) is 5.02 Å². The average molecular weight is 364 g/mol. The fraction of sp³-hybridized carbons (Fsp3) is 0.316. The number of hydrogen-bond acceptors (Lipinski definition) is 4. The van der Waals surface area contributed by atoms with E-state index >= 15 is 0 Å². The SMILES string of the molecule is COc1ccc(CC(=O)N(C)Cc2cc(Cl)ccc2OC)c(OC)c1. The maximum Gasteiger partial charge on any atom is 0.227 e. The average Bonchev–Trinajstić information content (AvgIpc) is 2.62. The summed E-state index contributed by atoms with van der Waals surface area (Å²) in [7, 11) is 6.50. The molecule has 0 N–H and O–H groups in total. The molecule has 25 heavy (non-hydrogen) atoms. The molecule has 0 fully saturated rings. The van der Waals surface area contributed by atoms with Gasteiger partial charge in [0.25, 0.3) is 0 Å². The number of halogens is 1. The first-order valence-corrected chi connectivity index (χ1v) is 8.13. The summed E-state index contributed by atoms with van der Waals surface area (Å²) in [4.78, 5) is 14.2. The molecule has 0 aromatic heterocycles. The minimum absolute atomic E-state index is 0.0366. The van der Waals surface area contributed by atoms with Crippen molar-refractivity contribution in [2.24, 2.45) is 0 Å². The number of nitrogens with zero attached hydrogens (tertiary/aromatic N) is 1. The van der Waals surface area contributed by atoms with E-state index in [-0.39, 0.29) is 12.3 Å². The molecule has 0 bridgehead atoms. The third-order valence-electron chi connectivity index (χ3n) is 3.91. The summed E-state index contributed by atoms with van der Waals surface area (Å²) >= 11 is 6.05. The highest BCUT2D eigenvalue weighted by Gasteiger charge is 2.16. The highest BCUT2D eigenvalue weighted by Crippen LogP contribution is 2.26. The minimum atomic E-state index is -0.0366. The fourth-order valence-electron chi connectivity index (χ4n) is 2.51. The van der Waals surface area contributed by atoms with Gasteiger partial charge in [0.05, 0.1) is 27.8 Å². The normalized spacial score (nSPS) is 10.3. The van der Waals surface area contributed by atoms with Crippen molar-refractivity contribution in [2.75, 3.05) is 28.4 Å². The second-order valence-corrected chi connectivity index (χ2v) is 6.00. The maximum absolute atomic E-state index is 12.6. The van der Waals surface area contributed by atoms with Crippen LogP contribution < -0.4 is 14.2 Å². The van der Waals surface area contributed by atoms with Gasteiger partial charge in [0.2, 0.25) is 5.91 Å². The van der Waals surface area contributed by atoms with Gasteiger partial charge in [-0.1, -0.05) is 17.7 Å². The lowest BCUT2D eigenvalue weighted by Gasteiger charge is -2.20. The van der Waals surface area contributed by atoms with Gasteiger partial charge in [-0.2, -0.15) is 0 Å². The van der Waals surface area contributed by atoms with Crippen LogP contribution in [0.4, 0.5) is 0 Å². The third kappa shape index (κ3) is 4.79. The van der Waals surface area contributed by atoms with E-state index in [1.807, 2.05) is 12.1 Å². The first-order chi connectivity index (χ1) is 12.0. The largest absolute Gasteiger partial charge is 0.497 e. The van der Waals surface area contributed by atoms with Crippen LogP contribution in [0.3, 0.4) is 0 Å². The van der Waals surface area contributed by atoms with Crippen molar-refractivity contribution in [1.29, 1.82) is 0 Å². The van der Waals surface area contributed by atoms with E-state index in [2.05, 4.69) is 0 Å². The molecular weight excluding hydrogens is 342 g/mol. The highest BCUT2D eigenvalue weighted by molar-refractivity contribution is 6.30. The van der Waals surface area contributed by atoms with Crippen LogP contribution in [0.25, 0.3) is 0 Å². The Labute approximate surface area is 153 Å². The molecule has 134 valence electrons. The minimum Gasteiger partial charge on any atom is -0.497 e. The Morgan fingerprint density at radius 1 is 0.960 bits per heavy atom. The zero-order valence-corrected chi connectivity index (χ0v) is 15.6. The molecule has 1 amide bonds. The molecule has 0 heterocycles. The number of ether oxygens (including phenoxy) is 3. The lowest BCUT2D eigenvalue weighted by atomic mass is 10.1. The van der Waals surface area contributed by atoms with Crippen LogP contribution in [-0.4, -0.2) is 39.2 Å². The van der Waals surface area contributed by atoms with E-state index in [9.17, 15) is 4.79 Å². The quantitative estimate of drug-likeness (QED) is 0.754. The van der Waals surface area contributed by atoms with Crippen LogP contribution in [0.15, 0.2) is 36.4 Å². The number of amides is 1. The molecular formula is C19H22ClNO4. The predicted octanol–water partition coefficient (Wildman–Crippen LogP) is 3.57. The summed E-state index contributed by atoms with van der Waals surface area (Å²) in [5.74, 6) is 1.98. The number of hydrogen-bond donors (Lipinski definition) is 0. The molecule has 0 unspecified atom stereocenters. The summed E-state index contributed by atoms with van der Waals surface area (Å²) in [5, 5.41) is 0.605. The van der Waals surface area contributed by atoms with E-state index in [1.54, 1.807) is 57.5 Å². The number of rotatable bonds is 7. The predicted molar refractivity (Wildman–Crippen MR) is 97.7 cm³/mol. The Morgan fingerprint density at radius 3 is 2.32 bits per heavy atom.